The van der Waals surface area contributed by atoms with Gasteiger partial charge in [0.05, 0.1) is 6.42 Å². The first-order valence-corrected chi connectivity index (χ1v) is 8.77. The second kappa shape index (κ2) is 6.80. The lowest BCUT2D eigenvalue weighted by Crippen LogP contribution is -2.19. The first-order chi connectivity index (χ1) is 10.8. The Morgan fingerprint density at radius 3 is 2.30 bits per heavy atom. The molecule has 7 nitrogen and oxygen atoms in total. The predicted molar refractivity (Wildman–Crippen MR) is 86.3 cm³/mol. The standard InChI is InChI=1S/C14H14N2O5S2/c1-15-12(17)8-9-2-4-10(5-3-9)16-23(20,21)13-7-6-11(22-13)14(18)19/h2-7,16H,8H2,1H3,(H,15,17)(H,18,19). The Bertz CT molecular complexity index is 825. The molecule has 23 heavy (non-hydrogen) atoms. The summed E-state index contributed by atoms with van der Waals surface area (Å²) in [5.74, 6) is -1.31. The number of sulfonamides is 1. The van der Waals surface area contributed by atoms with Crippen LogP contribution in [0, 0.1) is 0 Å². The van der Waals surface area contributed by atoms with Gasteiger partial charge in [-0.3, -0.25) is 9.52 Å². The topological polar surface area (TPSA) is 113 Å². The van der Waals surface area contributed by atoms with Crippen LogP contribution < -0.4 is 10.0 Å². The van der Waals surface area contributed by atoms with Crippen LogP contribution in [0.4, 0.5) is 5.69 Å². The fraction of sp³-hybridized carbons (Fsp3) is 0.143. The molecule has 9 heteroatoms. The van der Waals surface area contributed by atoms with Crippen molar-refractivity contribution in [2.24, 2.45) is 0 Å². The van der Waals surface area contributed by atoms with Crippen LogP contribution in [0.2, 0.25) is 0 Å². The summed E-state index contributed by atoms with van der Waals surface area (Å²) < 4.78 is 26.7. The summed E-state index contributed by atoms with van der Waals surface area (Å²) in [5, 5.41) is 11.3. The fourth-order valence-corrected chi connectivity index (χ4v) is 3.95. The SMILES string of the molecule is CNC(=O)Cc1ccc(NS(=O)(=O)c2ccc(C(=O)O)s2)cc1. The van der Waals surface area contributed by atoms with Crippen LogP contribution in [0.3, 0.4) is 0 Å². The number of carbonyl (C=O) groups is 2. The molecule has 2 aromatic rings. The lowest BCUT2D eigenvalue weighted by Gasteiger charge is -2.07. The van der Waals surface area contributed by atoms with Crippen LogP contribution in [-0.4, -0.2) is 32.4 Å². The molecule has 1 amide bonds. The van der Waals surface area contributed by atoms with Crippen molar-refractivity contribution in [3.63, 3.8) is 0 Å². The van der Waals surface area contributed by atoms with Crippen molar-refractivity contribution in [3.05, 3.63) is 46.8 Å². The molecule has 0 unspecified atom stereocenters. The van der Waals surface area contributed by atoms with E-state index < -0.39 is 16.0 Å². The average Bonchev–Trinajstić information content (AvgIpc) is 3.00. The minimum Gasteiger partial charge on any atom is -0.477 e. The highest BCUT2D eigenvalue weighted by atomic mass is 32.2. The Balaban J connectivity index is 2.13. The second-order valence-electron chi connectivity index (χ2n) is 4.58. The van der Waals surface area contributed by atoms with E-state index in [9.17, 15) is 18.0 Å². The normalized spacial score (nSPS) is 11.0. The van der Waals surface area contributed by atoms with Crippen molar-refractivity contribution < 1.29 is 23.1 Å². The number of carbonyl (C=O) groups excluding carboxylic acids is 1. The monoisotopic (exact) mass is 354 g/mol. The zero-order valence-electron chi connectivity index (χ0n) is 12.1. The zero-order chi connectivity index (χ0) is 17.0. The smallest absolute Gasteiger partial charge is 0.345 e. The summed E-state index contributed by atoms with van der Waals surface area (Å²) in [6, 6.07) is 8.86. The average molecular weight is 354 g/mol. The third-order valence-electron chi connectivity index (χ3n) is 2.91. The van der Waals surface area contributed by atoms with Crippen molar-refractivity contribution in [2.75, 3.05) is 11.8 Å². The van der Waals surface area contributed by atoms with E-state index in [1.54, 1.807) is 24.3 Å². The van der Waals surface area contributed by atoms with Gasteiger partial charge in [-0.25, -0.2) is 13.2 Å². The van der Waals surface area contributed by atoms with Crippen molar-refractivity contribution in [1.82, 2.24) is 5.32 Å². The fourth-order valence-electron chi connectivity index (χ4n) is 1.75. The molecule has 0 aliphatic carbocycles. The molecule has 0 radical (unpaired) electrons. The largest absolute Gasteiger partial charge is 0.477 e. The van der Waals surface area contributed by atoms with Crippen LogP contribution in [-0.2, 0) is 21.2 Å². The molecule has 1 heterocycles. The molecule has 0 spiro atoms. The van der Waals surface area contributed by atoms with Crippen molar-refractivity contribution in [1.29, 1.82) is 0 Å². The Morgan fingerprint density at radius 2 is 1.78 bits per heavy atom. The van der Waals surface area contributed by atoms with Gasteiger partial charge in [-0.15, -0.1) is 11.3 Å². The van der Waals surface area contributed by atoms with E-state index >= 15 is 0 Å². The number of hydrogen-bond acceptors (Lipinski definition) is 5. The molecule has 0 aliphatic heterocycles. The maximum Gasteiger partial charge on any atom is 0.345 e. The Kier molecular flexibility index (Phi) is 5.02. The van der Waals surface area contributed by atoms with Gasteiger partial charge in [0.25, 0.3) is 10.0 Å². The maximum atomic E-state index is 12.2. The molecule has 0 bridgehead atoms. The van der Waals surface area contributed by atoms with Gasteiger partial charge in [0.1, 0.15) is 9.09 Å². The number of amides is 1. The summed E-state index contributed by atoms with van der Waals surface area (Å²) in [4.78, 5) is 22.0. The van der Waals surface area contributed by atoms with E-state index in [0.29, 0.717) is 17.0 Å². The van der Waals surface area contributed by atoms with E-state index in [1.165, 1.54) is 19.2 Å². The predicted octanol–water partition coefficient (Wildman–Crippen LogP) is 1.54. The number of thiophene rings is 1. The lowest BCUT2D eigenvalue weighted by molar-refractivity contribution is -0.119. The summed E-state index contributed by atoms with van der Waals surface area (Å²) in [6.45, 7) is 0. The van der Waals surface area contributed by atoms with E-state index in [-0.39, 0.29) is 21.4 Å². The highest BCUT2D eigenvalue weighted by Gasteiger charge is 2.19. The third kappa shape index (κ3) is 4.30. The molecule has 0 atom stereocenters. The number of aromatic carboxylic acids is 1. The molecule has 0 fully saturated rings. The number of hydrogen-bond donors (Lipinski definition) is 3. The van der Waals surface area contributed by atoms with E-state index in [0.717, 1.165) is 5.56 Å². The minimum atomic E-state index is -3.84. The number of nitrogens with one attached hydrogen (secondary N) is 2. The molecular weight excluding hydrogens is 340 g/mol. The van der Waals surface area contributed by atoms with Crippen molar-refractivity contribution in [3.8, 4) is 0 Å². The maximum absolute atomic E-state index is 12.2. The van der Waals surface area contributed by atoms with Crippen LogP contribution in [0.15, 0.2) is 40.6 Å². The van der Waals surface area contributed by atoms with Crippen molar-refractivity contribution in [2.45, 2.75) is 10.6 Å². The van der Waals surface area contributed by atoms with Gasteiger partial charge in [0, 0.05) is 12.7 Å². The molecule has 1 aromatic carbocycles. The van der Waals surface area contributed by atoms with Gasteiger partial charge in [0.2, 0.25) is 5.91 Å². The molecule has 122 valence electrons. The molecule has 2 rings (SSSR count). The molecular formula is C14H14N2O5S2. The highest BCUT2D eigenvalue weighted by molar-refractivity contribution is 7.94. The van der Waals surface area contributed by atoms with Gasteiger partial charge >= 0.3 is 5.97 Å². The quantitative estimate of drug-likeness (QED) is 0.728. The summed E-state index contributed by atoms with van der Waals surface area (Å²) in [7, 11) is -2.30. The Morgan fingerprint density at radius 1 is 1.13 bits per heavy atom. The van der Waals surface area contributed by atoms with Crippen LogP contribution in [0.1, 0.15) is 15.2 Å². The van der Waals surface area contributed by atoms with Gasteiger partial charge in [-0.2, -0.15) is 0 Å². The molecule has 1 aromatic heterocycles. The Labute approximate surface area is 137 Å². The van der Waals surface area contributed by atoms with Crippen LogP contribution in [0.5, 0.6) is 0 Å². The van der Waals surface area contributed by atoms with Crippen LogP contribution in [0.25, 0.3) is 0 Å². The molecule has 0 saturated carbocycles. The number of benzene rings is 1. The van der Waals surface area contributed by atoms with Crippen molar-refractivity contribution >= 4 is 38.9 Å². The van der Waals surface area contributed by atoms with Gasteiger partial charge in [0.15, 0.2) is 0 Å². The molecule has 0 aliphatic rings. The molecule has 3 N–H and O–H groups in total. The van der Waals surface area contributed by atoms with E-state index in [1.807, 2.05) is 0 Å². The van der Waals surface area contributed by atoms with Crippen LogP contribution >= 0.6 is 11.3 Å². The number of likely N-dealkylation sites (N-methyl/N-ethyl adjacent to an activating group) is 1. The van der Waals surface area contributed by atoms with Gasteiger partial charge < -0.3 is 10.4 Å². The minimum absolute atomic E-state index is 0.0497. The first kappa shape index (κ1) is 17.0. The summed E-state index contributed by atoms with van der Waals surface area (Å²) >= 11 is 0.679. The number of rotatable bonds is 6. The van der Waals surface area contributed by atoms with Gasteiger partial charge in [-0.1, -0.05) is 12.1 Å². The Hall–Kier alpha value is -2.39. The van der Waals surface area contributed by atoms with E-state index in [2.05, 4.69) is 10.0 Å². The molecule has 0 saturated heterocycles. The number of carboxylic acid groups (broad SMARTS) is 1. The van der Waals surface area contributed by atoms with Gasteiger partial charge in [-0.05, 0) is 29.8 Å². The second-order valence-corrected chi connectivity index (χ2v) is 7.57. The first-order valence-electron chi connectivity index (χ1n) is 6.47. The summed E-state index contributed by atoms with van der Waals surface area (Å²) in [5.41, 5.74) is 1.08. The summed E-state index contributed by atoms with van der Waals surface area (Å²) in [6.07, 6.45) is 0.205. The highest BCUT2D eigenvalue weighted by Crippen LogP contribution is 2.24. The number of carboxylic acids is 1. The lowest BCUT2D eigenvalue weighted by atomic mass is 10.1. The third-order valence-corrected chi connectivity index (χ3v) is 5.85. The van der Waals surface area contributed by atoms with E-state index in [4.69, 9.17) is 5.11 Å². The zero-order valence-corrected chi connectivity index (χ0v) is 13.7. The number of anilines is 1.